The number of aromatic nitrogens is 1. The lowest BCUT2D eigenvalue weighted by Gasteiger charge is -2.37. The maximum absolute atomic E-state index is 14.7. The summed E-state index contributed by atoms with van der Waals surface area (Å²) in [5, 5.41) is 3.90. The number of ether oxygens (including phenoxy) is 1. The highest BCUT2D eigenvalue weighted by atomic mass is 32.1. The minimum atomic E-state index is -0.440. The molecule has 4 nitrogen and oxygen atoms in total. The van der Waals surface area contributed by atoms with Crippen LogP contribution in [0.3, 0.4) is 0 Å². The van der Waals surface area contributed by atoms with Crippen molar-refractivity contribution in [3.63, 3.8) is 0 Å². The highest BCUT2D eigenvalue weighted by Gasteiger charge is 2.39. The Morgan fingerprint density at radius 2 is 2.29 bits per heavy atom. The summed E-state index contributed by atoms with van der Waals surface area (Å²) in [4.78, 5) is 5.49. The second-order valence-electron chi connectivity index (χ2n) is 5.25. The van der Waals surface area contributed by atoms with Crippen LogP contribution in [0.15, 0.2) is 18.2 Å². The number of hydrogen-bond donors (Lipinski definition) is 2. The molecule has 0 unspecified atom stereocenters. The fourth-order valence-corrected chi connectivity index (χ4v) is 4.04. The van der Waals surface area contributed by atoms with E-state index in [1.54, 1.807) is 6.07 Å². The molecule has 112 valence electrons. The van der Waals surface area contributed by atoms with Crippen molar-refractivity contribution in [2.45, 2.75) is 24.8 Å². The molecule has 1 aromatic heterocycles. The van der Waals surface area contributed by atoms with Crippen molar-refractivity contribution in [1.29, 1.82) is 0 Å². The monoisotopic (exact) mass is 307 g/mol. The lowest BCUT2D eigenvalue weighted by Crippen LogP contribution is -2.45. The van der Waals surface area contributed by atoms with Crippen LogP contribution < -0.4 is 15.8 Å². The number of nitrogen functional groups attached to an aromatic ring is 1. The molecule has 3 rings (SSSR count). The number of nitrogens with zero attached hydrogens (tertiary/aromatic N) is 1. The quantitative estimate of drug-likeness (QED) is 0.914. The topological polar surface area (TPSA) is 60.2 Å². The molecular formula is C15H18FN3OS. The molecule has 6 heteroatoms. The third kappa shape index (κ3) is 2.28. The van der Waals surface area contributed by atoms with Crippen molar-refractivity contribution in [3.05, 3.63) is 40.2 Å². The number of anilines is 1. The lowest BCUT2D eigenvalue weighted by molar-refractivity contribution is 0.296. The molecule has 1 heterocycles. The zero-order valence-corrected chi connectivity index (χ0v) is 12.9. The fraction of sp³-hybridized carbons (Fsp3) is 0.400. The van der Waals surface area contributed by atoms with E-state index in [4.69, 9.17) is 10.5 Å². The first-order chi connectivity index (χ1) is 10.1. The summed E-state index contributed by atoms with van der Waals surface area (Å²) in [6.07, 6.45) is 2.27. The number of benzene rings is 1. The SMILES string of the molecule is CN[C@]1(c2cccc(OC)c2F)CCc2nc(N)sc2C1. The zero-order valence-electron chi connectivity index (χ0n) is 12.1. The number of nitrogens with two attached hydrogens (primary N) is 1. The van der Waals surface area contributed by atoms with E-state index in [1.807, 2.05) is 19.2 Å². The summed E-state index contributed by atoms with van der Waals surface area (Å²) in [6.45, 7) is 0. The Morgan fingerprint density at radius 3 is 3.00 bits per heavy atom. The lowest BCUT2D eigenvalue weighted by atomic mass is 9.77. The number of hydrogen-bond acceptors (Lipinski definition) is 5. The van der Waals surface area contributed by atoms with Crippen molar-refractivity contribution >= 4 is 16.5 Å². The van der Waals surface area contributed by atoms with Gasteiger partial charge in [-0.15, -0.1) is 11.3 Å². The van der Waals surface area contributed by atoms with Gasteiger partial charge in [-0.1, -0.05) is 12.1 Å². The van der Waals surface area contributed by atoms with Gasteiger partial charge in [-0.3, -0.25) is 0 Å². The van der Waals surface area contributed by atoms with Gasteiger partial charge in [0.05, 0.1) is 18.3 Å². The molecule has 0 bridgehead atoms. The van der Waals surface area contributed by atoms with Gasteiger partial charge in [0.2, 0.25) is 0 Å². The second kappa shape index (κ2) is 5.27. The molecule has 1 aliphatic carbocycles. The van der Waals surface area contributed by atoms with Crippen molar-refractivity contribution in [2.24, 2.45) is 0 Å². The smallest absolute Gasteiger partial charge is 0.180 e. The Hall–Kier alpha value is -1.66. The minimum absolute atomic E-state index is 0.275. The average Bonchev–Trinajstić information content (AvgIpc) is 2.86. The normalized spacial score (nSPS) is 21.1. The van der Waals surface area contributed by atoms with E-state index in [9.17, 15) is 4.39 Å². The highest BCUT2D eigenvalue weighted by Crippen LogP contribution is 2.41. The maximum atomic E-state index is 14.7. The molecular weight excluding hydrogens is 289 g/mol. The van der Waals surface area contributed by atoms with E-state index < -0.39 is 5.54 Å². The molecule has 0 amide bonds. The molecule has 2 aromatic rings. The molecule has 0 spiro atoms. The van der Waals surface area contributed by atoms with Crippen LogP contribution in [-0.2, 0) is 18.4 Å². The molecule has 1 aromatic carbocycles. The van der Waals surface area contributed by atoms with Crippen LogP contribution in [0.5, 0.6) is 5.75 Å². The van der Waals surface area contributed by atoms with Crippen LogP contribution in [0.1, 0.15) is 22.6 Å². The van der Waals surface area contributed by atoms with E-state index in [1.165, 1.54) is 18.4 Å². The van der Waals surface area contributed by atoms with Gasteiger partial charge >= 0.3 is 0 Å². The van der Waals surface area contributed by atoms with Gasteiger partial charge in [-0.25, -0.2) is 9.37 Å². The summed E-state index contributed by atoms with van der Waals surface area (Å²) < 4.78 is 19.8. The molecule has 3 N–H and O–H groups in total. The number of fused-ring (bicyclic) bond motifs is 1. The zero-order chi connectivity index (χ0) is 15.0. The van der Waals surface area contributed by atoms with Gasteiger partial charge in [0, 0.05) is 16.9 Å². The molecule has 0 saturated carbocycles. The molecule has 1 atom stereocenters. The summed E-state index contributed by atoms with van der Waals surface area (Å²) in [6, 6.07) is 5.29. The number of halogens is 1. The van der Waals surface area contributed by atoms with Crippen LogP contribution in [0.4, 0.5) is 9.52 Å². The molecule has 0 fully saturated rings. The third-order valence-corrected chi connectivity index (χ3v) is 5.15. The third-order valence-electron chi connectivity index (χ3n) is 4.22. The van der Waals surface area contributed by atoms with E-state index >= 15 is 0 Å². The molecule has 1 aliphatic rings. The van der Waals surface area contributed by atoms with Gasteiger partial charge in [0.25, 0.3) is 0 Å². The van der Waals surface area contributed by atoms with Crippen molar-refractivity contribution in [3.8, 4) is 5.75 Å². The molecule has 0 aliphatic heterocycles. The number of rotatable bonds is 3. The van der Waals surface area contributed by atoms with Gasteiger partial charge in [-0.05, 0) is 26.0 Å². The number of methoxy groups -OCH3 is 1. The predicted molar refractivity (Wildman–Crippen MR) is 82.2 cm³/mol. The first kappa shape index (κ1) is 14.3. The van der Waals surface area contributed by atoms with Crippen LogP contribution in [0.2, 0.25) is 0 Å². The van der Waals surface area contributed by atoms with Gasteiger partial charge in [-0.2, -0.15) is 0 Å². The van der Waals surface area contributed by atoms with Crippen LogP contribution >= 0.6 is 11.3 Å². The number of thiazole rings is 1. The molecule has 0 radical (unpaired) electrons. The summed E-state index contributed by atoms with van der Waals surface area (Å²) in [7, 11) is 3.35. The van der Waals surface area contributed by atoms with E-state index in [0.29, 0.717) is 17.1 Å². The van der Waals surface area contributed by atoms with Gasteiger partial charge in [0.15, 0.2) is 16.7 Å². The summed E-state index contributed by atoms with van der Waals surface area (Å²) in [5.41, 5.74) is 7.04. The number of nitrogens with one attached hydrogen (secondary N) is 1. The maximum Gasteiger partial charge on any atom is 0.180 e. The largest absolute Gasteiger partial charge is 0.494 e. The minimum Gasteiger partial charge on any atom is -0.494 e. The van der Waals surface area contributed by atoms with E-state index in [-0.39, 0.29) is 11.6 Å². The Kier molecular flexibility index (Phi) is 3.59. The Labute approximate surface area is 127 Å². The number of aryl methyl sites for hydroxylation is 1. The van der Waals surface area contributed by atoms with Crippen LogP contribution in [-0.4, -0.2) is 19.1 Å². The van der Waals surface area contributed by atoms with Gasteiger partial charge in [0.1, 0.15) is 0 Å². The van der Waals surface area contributed by atoms with E-state index in [0.717, 1.165) is 23.4 Å². The fourth-order valence-electron chi connectivity index (χ4n) is 3.05. The summed E-state index contributed by atoms with van der Waals surface area (Å²) in [5.74, 6) is -0.0213. The van der Waals surface area contributed by atoms with Crippen molar-refractivity contribution in [2.75, 3.05) is 19.9 Å². The first-order valence-electron chi connectivity index (χ1n) is 6.85. The second-order valence-corrected chi connectivity index (χ2v) is 6.37. The number of likely N-dealkylation sites (N-methyl/N-ethyl adjacent to an activating group) is 1. The van der Waals surface area contributed by atoms with E-state index in [2.05, 4.69) is 10.3 Å². The van der Waals surface area contributed by atoms with Crippen molar-refractivity contribution < 1.29 is 9.13 Å². The van der Waals surface area contributed by atoms with Crippen LogP contribution in [0, 0.1) is 5.82 Å². The molecule has 21 heavy (non-hydrogen) atoms. The first-order valence-corrected chi connectivity index (χ1v) is 7.67. The summed E-state index contributed by atoms with van der Waals surface area (Å²) >= 11 is 1.49. The van der Waals surface area contributed by atoms with Crippen molar-refractivity contribution in [1.82, 2.24) is 10.3 Å². The average molecular weight is 307 g/mol. The standard InChI is InChI=1S/C15H18FN3OS/c1-18-15(9-4-3-5-11(20-2)13(9)16)7-6-10-12(8-15)21-14(17)19-10/h3-5,18H,6-8H2,1-2H3,(H2,17,19)/t15-/m1/s1. The van der Waals surface area contributed by atoms with Crippen LogP contribution in [0.25, 0.3) is 0 Å². The predicted octanol–water partition coefficient (Wildman–Crippen LogP) is 2.48. The molecule has 0 saturated heterocycles. The Morgan fingerprint density at radius 1 is 1.48 bits per heavy atom. The Balaban J connectivity index is 2.06. The Bertz CT molecular complexity index is 673. The highest BCUT2D eigenvalue weighted by molar-refractivity contribution is 7.15. The van der Waals surface area contributed by atoms with Gasteiger partial charge < -0.3 is 15.8 Å².